The Morgan fingerprint density at radius 2 is 1.75 bits per heavy atom. The third kappa shape index (κ3) is 4.99. The van der Waals surface area contributed by atoms with Crippen LogP contribution in [0.25, 0.3) is 0 Å². The second kappa shape index (κ2) is 8.57. The van der Waals surface area contributed by atoms with Crippen molar-refractivity contribution in [2.24, 2.45) is 7.05 Å². The van der Waals surface area contributed by atoms with Gasteiger partial charge in [-0.15, -0.1) is 10.2 Å². The SMILES string of the molecule is Cc1ccc(NC(=O)CSc2nnc(CS(=O)(=O)c3ccccc3)n2C)cc1. The molecule has 0 bridgehead atoms. The topological polar surface area (TPSA) is 94.0 Å². The first-order valence-electron chi connectivity index (χ1n) is 8.50. The third-order valence-electron chi connectivity index (χ3n) is 4.01. The number of sulfone groups is 1. The van der Waals surface area contributed by atoms with E-state index in [9.17, 15) is 13.2 Å². The van der Waals surface area contributed by atoms with E-state index in [1.165, 1.54) is 11.8 Å². The zero-order valence-electron chi connectivity index (χ0n) is 15.5. The van der Waals surface area contributed by atoms with Gasteiger partial charge in [0.15, 0.2) is 15.0 Å². The Morgan fingerprint density at radius 3 is 2.43 bits per heavy atom. The molecule has 0 aliphatic carbocycles. The summed E-state index contributed by atoms with van der Waals surface area (Å²) in [6.45, 7) is 1.98. The molecule has 1 aromatic heterocycles. The lowest BCUT2D eigenvalue weighted by molar-refractivity contribution is -0.113. The maximum absolute atomic E-state index is 12.5. The maximum Gasteiger partial charge on any atom is 0.234 e. The smallest absolute Gasteiger partial charge is 0.234 e. The fraction of sp³-hybridized carbons (Fsp3) is 0.211. The highest BCUT2D eigenvalue weighted by Crippen LogP contribution is 2.20. The summed E-state index contributed by atoms with van der Waals surface area (Å²) in [6, 6.07) is 15.7. The van der Waals surface area contributed by atoms with E-state index in [1.807, 2.05) is 31.2 Å². The highest BCUT2D eigenvalue weighted by molar-refractivity contribution is 7.99. The largest absolute Gasteiger partial charge is 0.325 e. The fourth-order valence-electron chi connectivity index (χ4n) is 2.44. The van der Waals surface area contributed by atoms with Gasteiger partial charge in [0.05, 0.1) is 10.6 Å². The monoisotopic (exact) mass is 416 g/mol. The highest BCUT2D eigenvalue weighted by atomic mass is 32.2. The van der Waals surface area contributed by atoms with Gasteiger partial charge >= 0.3 is 0 Å². The van der Waals surface area contributed by atoms with Crippen LogP contribution in [0.15, 0.2) is 64.6 Å². The summed E-state index contributed by atoms with van der Waals surface area (Å²) in [6.07, 6.45) is 0. The molecule has 1 heterocycles. The van der Waals surface area contributed by atoms with E-state index in [0.717, 1.165) is 11.3 Å². The minimum absolute atomic E-state index is 0.144. The first-order valence-corrected chi connectivity index (χ1v) is 11.1. The summed E-state index contributed by atoms with van der Waals surface area (Å²) in [5.41, 5.74) is 1.84. The summed E-state index contributed by atoms with van der Waals surface area (Å²) < 4.78 is 26.6. The van der Waals surface area contributed by atoms with E-state index in [-0.39, 0.29) is 22.3 Å². The summed E-state index contributed by atoms with van der Waals surface area (Å²) in [7, 11) is -1.82. The molecule has 146 valence electrons. The van der Waals surface area contributed by atoms with Crippen molar-refractivity contribution in [2.45, 2.75) is 22.7 Å². The Hall–Kier alpha value is -2.65. The highest BCUT2D eigenvalue weighted by Gasteiger charge is 2.20. The number of amides is 1. The van der Waals surface area contributed by atoms with Gasteiger partial charge in [0.1, 0.15) is 11.6 Å². The van der Waals surface area contributed by atoms with Crippen LogP contribution in [0.4, 0.5) is 5.69 Å². The van der Waals surface area contributed by atoms with Crippen molar-refractivity contribution in [1.29, 1.82) is 0 Å². The van der Waals surface area contributed by atoms with E-state index in [2.05, 4.69) is 15.5 Å². The van der Waals surface area contributed by atoms with Gasteiger partial charge < -0.3 is 9.88 Å². The van der Waals surface area contributed by atoms with Crippen LogP contribution in [0.5, 0.6) is 0 Å². The van der Waals surface area contributed by atoms with Gasteiger partial charge in [0, 0.05) is 12.7 Å². The number of carbonyl (C=O) groups is 1. The van der Waals surface area contributed by atoms with Gasteiger partial charge in [-0.25, -0.2) is 8.42 Å². The molecule has 0 spiro atoms. The molecule has 9 heteroatoms. The van der Waals surface area contributed by atoms with Gasteiger partial charge in [0.2, 0.25) is 5.91 Å². The molecular formula is C19H20N4O3S2. The van der Waals surface area contributed by atoms with E-state index in [1.54, 1.807) is 41.9 Å². The number of carbonyl (C=O) groups excluding carboxylic acids is 1. The first-order chi connectivity index (χ1) is 13.3. The van der Waals surface area contributed by atoms with Crippen molar-refractivity contribution in [1.82, 2.24) is 14.8 Å². The van der Waals surface area contributed by atoms with Crippen LogP contribution >= 0.6 is 11.8 Å². The molecule has 3 aromatic rings. The van der Waals surface area contributed by atoms with Crippen LogP contribution in [0.2, 0.25) is 0 Å². The molecule has 0 fully saturated rings. The number of hydrogen-bond acceptors (Lipinski definition) is 6. The zero-order chi connectivity index (χ0) is 20.1. The molecule has 1 N–H and O–H groups in total. The van der Waals surface area contributed by atoms with E-state index in [0.29, 0.717) is 11.0 Å². The number of nitrogens with one attached hydrogen (secondary N) is 1. The van der Waals surface area contributed by atoms with E-state index >= 15 is 0 Å². The number of thioether (sulfide) groups is 1. The minimum atomic E-state index is -3.51. The summed E-state index contributed by atoms with van der Waals surface area (Å²) in [5, 5.41) is 11.3. The molecule has 0 saturated heterocycles. The molecule has 7 nitrogen and oxygen atoms in total. The van der Waals surface area contributed by atoms with Crippen molar-refractivity contribution >= 4 is 33.2 Å². The average Bonchev–Trinajstić information content (AvgIpc) is 3.02. The Labute approximate surface area is 168 Å². The molecule has 0 aliphatic rings. The zero-order valence-corrected chi connectivity index (χ0v) is 17.1. The second-order valence-electron chi connectivity index (χ2n) is 6.23. The van der Waals surface area contributed by atoms with Gasteiger partial charge in [-0.05, 0) is 31.2 Å². The van der Waals surface area contributed by atoms with Gasteiger partial charge in [-0.1, -0.05) is 47.7 Å². The minimum Gasteiger partial charge on any atom is -0.325 e. The number of nitrogens with zero attached hydrogens (tertiary/aromatic N) is 3. The van der Waals surface area contributed by atoms with Gasteiger partial charge in [-0.2, -0.15) is 0 Å². The van der Waals surface area contributed by atoms with Gasteiger partial charge in [-0.3, -0.25) is 4.79 Å². The molecule has 28 heavy (non-hydrogen) atoms. The maximum atomic E-state index is 12.5. The number of benzene rings is 2. The lowest BCUT2D eigenvalue weighted by Crippen LogP contribution is -2.14. The third-order valence-corrected chi connectivity index (χ3v) is 6.66. The Kier molecular flexibility index (Phi) is 6.15. The number of hydrogen-bond donors (Lipinski definition) is 1. The van der Waals surface area contributed by atoms with Crippen molar-refractivity contribution in [3.63, 3.8) is 0 Å². The average molecular weight is 417 g/mol. The predicted octanol–water partition coefficient (Wildman–Crippen LogP) is 2.83. The van der Waals surface area contributed by atoms with Crippen LogP contribution in [0.3, 0.4) is 0 Å². The molecule has 0 aliphatic heterocycles. The summed E-state index contributed by atoms with van der Waals surface area (Å²) >= 11 is 1.20. The van der Waals surface area contributed by atoms with Crippen LogP contribution in [-0.4, -0.2) is 34.8 Å². The lowest BCUT2D eigenvalue weighted by atomic mass is 10.2. The second-order valence-corrected chi connectivity index (χ2v) is 9.16. The molecule has 3 rings (SSSR count). The Balaban J connectivity index is 1.61. The molecule has 0 unspecified atom stereocenters. The molecule has 0 saturated carbocycles. The Morgan fingerprint density at radius 1 is 1.07 bits per heavy atom. The Bertz CT molecular complexity index is 1060. The van der Waals surface area contributed by atoms with E-state index < -0.39 is 9.84 Å². The molecule has 0 radical (unpaired) electrons. The van der Waals surface area contributed by atoms with E-state index in [4.69, 9.17) is 0 Å². The van der Waals surface area contributed by atoms with Crippen LogP contribution < -0.4 is 5.32 Å². The van der Waals surface area contributed by atoms with Crippen molar-refractivity contribution in [2.75, 3.05) is 11.1 Å². The van der Waals surface area contributed by atoms with Crippen LogP contribution in [0.1, 0.15) is 11.4 Å². The molecule has 0 atom stereocenters. The summed E-state index contributed by atoms with van der Waals surface area (Å²) in [4.78, 5) is 12.4. The normalized spacial score (nSPS) is 11.4. The number of anilines is 1. The lowest BCUT2D eigenvalue weighted by Gasteiger charge is -2.06. The number of aryl methyl sites for hydroxylation is 1. The summed E-state index contributed by atoms with van der Waals surface area (Å²) in [5.74, 6) is 0.0441. The number of aromatic nitrogens is 3. The van der Waals surface area contributed by atoms with Gasteiger partial charge in [0.25, 0.3) is 0 Å². The predicted molar refractivity (Wildman–Crippen MR) is 109 cm³/mol. The molecular weight excluding hydrogens is 396 g/mol. The fourth-order valence-corrected chi connectivity index (χ4v) is 4.50. The quantitative estimate of drug-likeness (QED) is 0.595. The number of rotatable bonds is 7. The van der Waals surface area contributed by atoms with Crippen LogP contribution in [-0.2, 0) is 27.4 Å². The molecule has 2 aromatic carbocycles. The molecule has 1 amide bonds. The van der Waals surface area contributed by atoms with Crippen molar-refractivity contribution < 1.29 is 13.2 Å². The standard InChI is InChI=1S/C19H20N4O3S2/c1-14-8-10-15(11-9-14)20-18(24)12-27-19-22-21-17(23(19)2)13-28(25,26)16-6-4-3-5-7-16/h3-11H,12-13H2,1-2H3,(H,20,24). The first kappa shape index (κ1) is 20.1. The van der Waals surface area contributed by atoms with Crippen molar-refractivity contribution in [3.8, 4) is 0 Å². The van der Waals surface area contributed by atoms with Crippen LogP contribution in [0, 0.1) is 6.92 Å². The van der Waals surface area contributed by atoms with Crippen molar-refractivity contribution in [3.05, 3.63) is 66.0 Å².